The van der Waals surface area contributed by atoms with Gasteiger partial charge in [0.15, 0.2) is 0 Å². The second-order valence-corrected chi connectivity index (χ2v) is 5.11. The molecule has 0 aliphatic rings. The third kappa shape index (κ3) is 3.55. The third-order valence-electron chi connectivity index (χ3n) is 3.25. The van der Waals surface area contributed by atoms with Crippen molar-refractivity contribution in [1.29, 1.82) is 0 Å². The number of halogens is 2. The van der Waals surface area contributed by atoms with Crippen LogP contribution in [0, 0.1) is 12.7 Å². The predicted molar refractivity (Wildman–Crippen MR) is 78.1 cm³/mol. The van der Waals surface area contributed by atoms with E-state index < -0.39 is 0 Å². The van der Waals surface area contributed by atoms with Crippen LogP contribution in [0.1, 0.15) is 22.7 Å². The van der Waals surface area contributed by atoms with E-state index in [1.807, 2.05) is 13.1 Å². The molecule has 0 radical (unpaired) electrons. The van der Waals surface area contributed by atoms with Gasteiger partial charge in [0.2, 0.25) is 0 Å². The summed E-state index contributed by atoms with van der Waals surface area (Å²) in [6.07, 6.45) is 0.817. The number of benzene rings is 2. The summed E-state index contributed by atoms with van der Waals surface area (Å²) in [5.74, 6) is -0.372. The molecule has 2 aromatic rings. The van der Waals surface area contributed by atoms with Crippen molar-refractivity contribution in [3.63, 3.8) is 0 Å². The quantitative estimate of drug-likeness (QED) is 0.879. The molecule has 0 fully saturated rings. The van der Waals surface area contributed by atoms with Crippen molar-refractivity contribution >= 4 is 11.6 Å². The number of hydrogen-bond donors (Lipinski definition) is 1. The average Bonchev–Trinajstić information content (AvgIpc) is 2.41. The summed E-state index contributed by atoms with van der Waals surface area (Å²) in [4.78, 5) is 0. The summed E-state index contributed by atoms with van der Waals surface area (Å²) in [7, 11) is 1.88. The van der Waals surface area contributed by atoms with E-state index in [-0.39, 0.29) is 16.9 Å². The maximum absolute atomic E-state index is 13.5. The van der Waals surface area contributed by atoms with Crippen molar-refractivity contribution in [3.8, 4) is 0 Å². The minimum absolute atomic E-state index is 0.0782. The van der Waals surface area contributed by atoms with E-state index >= 15 is 0 Å². The first-order valence-electron chi connectivity index (χ1n) is 6.28. The maximum Gasteiger partial charge on any atom is 0.142 e. The van der Waals surface area contributed by atoms with Crippen molar-refractivity contribution in [2.75, 3.05) is 7.05 Å². The smallest absolute Gasteiger partial charge is 0.142 e. The summed E-state index contributed by atoms with van der Waals surface area (Å²) >= 11 is 5.71. The average molecular weight is 278 g/mol. The first kappa shape index (κ1) is 14.0. The van der Waals surface area contributed by atoms with Crippen molar-refractivity contribution < 1.29 is 4.39 Å². The molecule has 1 N–H and O–H groups in total. The Morgan fingerprint density at radius 2 is 1.84 bits per heavy atom. The molecule has 0 spiro atoms. The SMILES string of the molecule is CNC(Cc1ccc(C)cc1)c1ccc(Cl)c(F)c1. The van der Waals surface area contributed by atoms with Crippen LogP contribution in [0.4, 0.5) is 4.39 Å². The molecule has 3 heteroatoms. The van der Waals surface area contributed by atoms with E-state index in [0.29, 0.717) is 0 Å². The highest BCUT2D eigenvalue weighted by Gasteiger charge is 2.12. The van der Waals surface area contributed by atoms with Crippen molar-refractivity contribution in [1.82, 2.24) is 5.32 Å². The number of likely N-dealkylation sites (N-methyl/N-ethyl adjacent to an activating group) is 1. The number of hydrogen-bond acceptors (Lipinski definition) is 1. The van der Waals surface area contributed by atoms with Crippen LogP contribution in [0.3, 0.4) is 0 Å². The lowest BCUT2D eigenvalue weighted by Gasteiger charge is -2.17. The number of rotatable bonds is 4. The van der Waals surface area contributed by atoms with E-state index in [4.69, 9.17) is 11.6 Å². The first-order valence-corrected chi connectivity index (χ1v) is 6.65. The van der Waals surface area contributed by atoms with Crippen LogP contribution in [-0.4, -0.2) is 7.05 Å². The highest BCUT2D eigenvalue weighted by Crippen LogP contribution is 2.23. The van der Waals surface area contributed by atoms with Gasteiger partial charge >= 0.3 is 0 Å². The molecule has 0 bridgehead atoms. The Morgan fingerprint density at radius 1 is 1.16 bits per heavy atom. The van der Waals surface area contributed by atoms with Crippen molar-refractivity contribution in [3.05, 3.63) is 70.0 Å². The molecule has 100 valence electrons. The maximum atomic E-state index is 13.5. The summed E-state index contributed by atoms with van der Waals surface area (Å²) in [5, 5.41) is 3.38. The van der Waals surface area contributed by atoms with Gasteiger partial charge in [-0.15, -0.1) is 0 Å². The Balaban J connectivity index is 2.19. The van der Waals surface area contributed by atoms with Crippen LogP contribution in [0.5, 0.6) is 0 Å². The van der Waals surface area contributed by atoms with Crippen molar-refractivity contribution in [2.45, 2.75) is 19.4 Å². The topological polar surface area (TPSA) is 12.0 Å². The molecular weight excluding hydrogens is 261 g/mol. The van der Waals surface area contributed by atoms with Gasteiger partial charge in [0, 0.05) is 6.04 Å². The Labute approximate surface area is 118 Å². The molecule has 0 aliphatic carbocycles. The van der Waals surface area contributed by atoms with E-state index in [2.05, 4.69) is 36.5 Å². The molecule has 1 unspecified atom stereocenters. The van der Waals surface area contributed by atoms with Gasteiger partial charge < -0.3 is 5.32 Å². The molecule has 2 aromatic carbocycles. The minimum Gasteiger partial charge on any atom is -0.313 e. The van der Waals surface area contributed by atoms with Gasteiger partial charge in [0.25, 0.3) is 0 Å². The molecule has 1 nitrogen and oxygen atoms in total. The normalized spacial score (nSPS) is 12.4. The minimum atomic E-state index is -0.372. The van der Waals surface area contributed by atoms with E-state index in [9.17, 15) is 4.39 Å². The van der Waals surface area contributed by atoms with Gasteiger partial charge in [-0.3, -0.25) is 0 Å². The molecule has 0 amide bonds. The fourth-order valence-electron chi connectivity index (χ4n) is 2.08. The highest BCUT2D eigenvalue weighted by atomic mass is 35.5. The molecule has 2 rings (SSSR count). The monoisotopic (exact) mass is 277 g/mol. The van der Waals surface area contributed by atoms with Gasteiger partial charge in [-0.25, -0.2) is 4.39 Å². The van der Waals surface area contributed by atoms with Crippen LogP contribution >= 0.6 is 11.6 Å². The Kier molecular flexibility index (Phi) is 4.56. The molecule has 0 heterocycles. The zero-order chi connectivity index (χ0) is 13.8. The molecule has 0 aliphatic heterocycles. The molecule has 0 saturated heterocycles. The van der Waals surface area contributed by atoms with Crippen LogP contribution in [-0.2, 0) is 6.42 Å². The Morgan fingerprint density at radius 3 is 2.42 bits per heavy atom. The van der Waals surface area contributed by atoms with Crippen LogP contribution in [0.25, 0.3) is 0 Å². The zero-order valence-corrected chi connectivity index (χ0v) is 11.8. The lowest BCUT2D eigenvalue weighted by atomic mass is 9.98. The van der Waals surface area contributed by atoms with Gasteiger partial charge in [0.05, 0.1) is 5.02 Å². The summed E-state index contributed by atoms with van der Waals surface area (Å²) < 4.78 is 13.5. The molecule has 0 aromatic heterocycles. The van der Waals surface area contributed by atoms with Crippen LogP contribution in [0.15, 0.2) is 42.5 Å². The molecule has 0 saturated carbocycles. The second-order valence-electron chi connectivity index (χ2n) is 4.70. The first-order chi connectivity index (χ1) is 9.10. The lowest BCUT2D eigenvalue weighted by molar-refractivity contribution is 0.577. The van der Waals surface area contributed by atoms with E-state index in [0.717, 1.165) is 12.0 Å². The fraction of sp³-hybridized carbons (Fsp3) is 0.250. The third-order valence-corrected chi connectivity index (χ3v) is 3.56. The van der Waals surface area contributed by atoms with E-state index in [1.165, 1.54) is 17.2 Å². The Bertz CT molecular complexity index is 551. The summed E-state index contributed by atoms with van der Waals surface area (Å²) in [6.45, 7) is 2.06. The Hall–Kier alpha value is -1.38. The fourth-order valence-corrected chi connectivity index (χ4v) is 2.19. The highest BCUT2D eigenvalue weighted by molar-refractivity contribution is 6.30. The lowest BCUT2D eigenvalue weighted by Crippen LogP contribution is -2.19. The van der Waals surface area contributed by atoms with E-state index in [1.54, 1.807) is 6.07 Å². The van der Waals surface area contributed by atoms with Crippen LogP contribution in [0.2, 0.25) is 5.02 Å². The second kappa shape index (κ2) is 6.18. The van der Waals surface area contributed by atoms with Gasteiger partial charge in [-0.1, -0.05) is 47.5 Å². The zero-order valence-electron chi connectivity index (χ0n) is 11.1. The van der Waals surface area contributed by atoms with Crippen molar-refractivity contribution in [2.24, 2.45) is 0 Å². The number of nitrogens with one attached hydrogen (secondary N) is 1. The largest absolute Gasteiger partial charge is 0.313 e. The standard InChI is InChI=1S/C16H17ClFN/c1-11-3-5-12(6-4-11)9-16(19-2)13-7-8-14(17)15(18)10-13/h3-8,10,16,19H,9H2,1-2H3. The van der Waals surface area contributed by atoms with Crippen LogP contribution < -0.4 is 5.32 Å². The van der Waals surface area contributed by atoms with Gasteiger partial charge in [0.1, 0.15) is 5.82 Å². The molecule has 19 heavy (non-hydrogen) atoms. The van der Waals surface area contributed by atoms with Gasteiger partial charge in [-0.2, -0.15) is 0 Å². The molecular formula is C16H17ClFN. The summed E-state index contributed by atoms with van der Waals surface area (Å²) in [5.41, 5.74) is 3.37. The van der Waals surface area contributed by atoms with Gasteiger partial charge in [-0.05, 0) is 43.7 Å². The predicted octanol–water partition coefficient (Wildman–Crippen LogP) is 4.29. The number of aryl methyl sites for hydroxylation is 1. The molecule has 1 atom stereocenters. The summed E-state index contributed by atoms with van der Waals surface area (Å²) in [6, 6.07) is 13.4.